The Morgan fingerprint density at radius 3 is 2.04 bits per heavy atom. The fourth-order valence-electron chi connectivity index (χ4n) is 14.8. The van der Waals surface area contributed by atoms with Gasteiger partial charge >= 0.3 is 11.9 Å². The van der Waals surface area contributed by atoms with E-state index in [1.165, 1.54) is 0 Å². The molecule has 20 heteroatoms. The summed E-state index contributed by atoms with van der Waals surface area (Å²) in [6.07, 6.45) is -20.5. The monoisotopic (exact) mass is 956 g/mol. The molecule has 0 aromatic carbocycles. The van der Waals surface area contributed by atoms with Crippen LogP contribution in [0.1, 0.15) is 99.3 Å². The van der Waals surface area contributed by atoms with Crippen molar-refractivity contribution in [2.45, 2.75) is 198 Å². The Bertz CT molecular complexity index is 1910. The third kappa shape index (κ3) is 7.78. The number of fused-ring (bicyclic) bond motifs is 7. The van der Waals surface area contributed by atoms with Crippen LogP contribution in [0.15, 0.2) is 11.6 Å². The summed E-state index contributed by atoms with van der Waals surface area (Å²) in [6.45, 7) is 11.3. The summed E-state index contributed by atoms with van der Waals surface area (Å²) in [5, 5.41) is 118. The highest BCUT2D eigenvalue weighted by Crippen LogP contribution is 2.76. The first-order valence-corrected chi connectivity index (χ1v) is 23.8. The maximum Gasteiger partial charge on any atom is 0.335 e. The largest absolute Gasteiger partial charge is 0.481 e. The normalized spacial score (nSPS) is 54.0. The predicted molar refractivity (Wildman–Crippen MR) is 227 cm³/mol. The number of ether oxygens (including phenoxy) is 6. The number of allylic oxidation sites excluding steroid dienone is 2. The lowest BCUT2D eigenvalue weighted by Gasteiger charge is -2.71. The molecule has 20 nitrogen and oxygen atoms in total. The highest BCUT2D eigenvalue weighted by Gasteiger charge is 2.72. The summed E-state index contributed by atoms with van der Waals surface area (Å²) in [5.74, 6) is -3.36. The van der Waals surface area contributed by atoms with E-state index >= 15 is 0 Å². The third-order valence-electron chi connectivity index (χ3n) is 18.9. The van der Waals surface area contributed by atoms with Crippen LogP contribution in [0, 0.1) is 50.2 Å². The molecule has 8 rings (SSSR count). The fraction of sp³-hybridized carbons (Fsp3) is 0.894. The predicted octanol–water partition coefficient (Wildman–Crippen LogP) is -0.413. The van der Waals surface area contributed by atoms with Crippen LogP contribution in [0.3, 0.4) is 0 Å². The van der Waals surface area contributed by atoms with E-state index in [1.807, 2.05) is 0 Å². The summed E-state index contributed by atoms with van der Waals surface area (Å²) in [6, 6.07) is 0. The highest BCUT2D eigenvalue weighted by molar-refractivity contribution is 5.78. The number of aliphatic hydroxyl groups excluding tert-OH is 9. The molecule has 7 fully saturated rings. The smallest absolute Gasteiger partial charge is 0.335 e. The maximum atomic E-state index is 13.8. The maximum absolute atomic E-state index is 13.8. The molecule has 4 saturated carbocycles. The minimum atomic E-state index is -2.14. The second kappa shape index (κ2) is 17.8. The molecule has 5 aliphatic carbocycles. The van der Waals surface area contributed by atoms with Crippen LogP contribution in [0.2, 0.25) is 0 Å². The third-order valence-corrected chi connectivity index (χ3v) is 18.9. The van der Waals surface area contributed by atoms with E-state index in [4.69, 9.17) is 28.4 Å². The molecular formula is C47H72O20. The van der Waals surface area contributed by atoms with Gasteiger partial charge in [0.05, 0.1) is 30.8 Å². The molecule has 380 valence electrons. The summed E-state index contributed by atoms with van der Waals surface area (Å²) >= 11 is 0. The van der Waals surface area contributed by atoms with E-state index in [0.717, 1.165) is 11.9 Å². The van der Waals surface area contributed by atoms with Crippen molar-refractivity contribution in [3.8, 4) is 0 Å². The Balaban J connectivity index is 1.13. The number of aliphatic hydroxyl groups is 9. The molecule has 67 heavy (non-hydrogen) atoms. The van der Waals surface area contributed by atoms with E-state index < -0.39 is 150 Å². The van der Waals surface area contributed by atoms with Crippen molar-refractivity contribution in [2.75, 3.05) is 13.2 Å². The summed E-state index contributed by atoms with van der Waals surface area (Å²) in [4.78, 5) is 39.8. The minimum Gasteiger partial charge on any atom is -0.481 e. The number of carbonyl (C=O) groups excluding carboxylic acids is 1. The molecule has 0 spiro atoms. The zero-order chi connectivity index (χ0) is 49.1. The zero-order valence-electron chi connectivity index (χ0n) is 39.0. The number of aldehydes is 1. The van der Waals surface area contributed by atoms with Gasteiger partial charge in [0.25, 0.3) is 0 Å². The van der Waals surface area contributed by atoms with Gasteiger partial charge < -0.3 is 89.4 Å². The standard InChI is InChI=1S/C47H72O20/c1-42(2)13-14-47(41(60)61)21(15-42)20-7-8-25-43(3)11-10-27(44(4,19-49)24(43)9-12-45(25,5)46(20,6)16-26(47)51)64-40-36(67-39-32(56)30(54)29(53)23(17-48)63-39)34(33(57)35(66-40)37(58)59)65-38-31(55)28(52)22(50)18-62-38/h7,19,21-36,38-40,48,50-57H,8-18H2,1-6H3,(H,58,59)(H,60,61)/t21-,22+,23+,24?,25?,26+,27-,28-,29-,30-,31+,32+,33-,34-,35-,36+,38-,39-,40+,43-,44-,45+,46+,47+/m0/s1. The number of hydrogen-bond donors (Lipinski definition) is 11. The van der Waals surface area contributed by atoms with Gasteiger partial charge in [-0.15, -0.1) is 0 Å². The number of aliphatic carboxylic acids is 2. The lowest BCUT2D eigenvalue weighted by Crippen LogP contribution is -2.69. The van der Waals surface area contributed by atoms with E-state index in [-0.39, 0.29) is 36.0 Å². The molecule has 11 N–H and O–H groups in total. The quantitative estimate of drug-likeness (QED) is 0.0753. The van der Waals surface area contributed by atoms with E-state index in [0.29, 0.717) is 44.9 Å². The molecule has 2 unspecified atom stereocenters. The van der Waals surface area contributed by atoms with Crippen molar-refractivity contribution >= 4 is 18.2 Å². The molecule has 24 atom stereocenters. The second-order valence-electron chi connectivity index (χ2n) is 22.8. The fourth-order valence-corrected chi connectivity index (χ4v) is 14.8. The lowest BCUT2D eigenvalue weighted by atomic mass is 9.33. The summed E-state index contributed by atoms with van der Waals surface area (Å²) in [5.41, 5.74) is -3.10. The van der Waals surface area contributed by atoms with Crippen molar-refractivity contribution < 1.29 is 99.0 Å². The molecule has 0 radical (unpaired) electrons. The molecule has 0 aromatic heterocycles. The highest BCUT2D eigenvalue weighted by atomic mass is 16.8. The average Bonchev–Trinajstić information content (AvgIpc) is 3.26. The van der Waals surface area contributed by atoms with Crippen molar-refractivity contribution in [1.82, 2.24) is 0 Å². The first kappa shape index (κ1) is 51.1. The van der Waals surface area contributed by atoms with Crippen LogP contribution < -0.4 is 0 Å². The average molecular weight is 957 g/mol. The number of carbonyl (C=O) groups is 3. The van der Waals surface area contributed by atoms with Crippen molar-refractivity contribution in [2.24, 2.45) is 50.2 Å². The minimum absolute atomic E-state index is 0.0258. The van der Waals surface area contributed by atoms with Gasteiger partial charge in [-0.2, -0.15) is 0 Å². The van der Waals surface area contributed by atoms with E-state index in [2.05, 4.69) is 40.7 Å². The Labute approximate surface area is 389 Å². The molecule has 3 heterocycles. The van der Waals surface area contributed by atoms with Gasteiger partial charge in [-0.25, -0.2) is 4.79 Å². The van der Waals surface area contributed by atoms with Crippen LogP contribution in [-0.4, -0.2) is 186 Å². The first-order chi connectivity index (χ1) is 31.3. The van der Waals surface area contributed by atoms with Crippen LogP contribution >= 0.6 is 0 Å². The Morgan fingerprint density at radius 2 is 1.40 bits per heavy atom. The van der Waals surface area contributed by atoms with Crippen LogP contribution in [0.25, 0.3) is 0 Å². The first-order valence-electron chi connectivity index (χ1n) is 23.8. The van der Waals surface area contributed by atoms with Gasteiger partial charge in [-0.1, -0.05) is 53.2 Å². The molecule has 3 saturated heterocycles. The second-order valence-corrected chi connectivity index (χ2v) is 22.8. The van der Waals surface area contributed by atoms with Crippen molar-refractivity contribution in [3.05, 3.63) is 11.6 Å². The van der Waals surface area contributed by atoms with Crippen molar-refractivity contribution in [1.29, 1.82) is 0 Å². The molecule has 3 aliphatic heterocycles. The number of hydrogen-bond acceptors (Lipinski definition) is 18. The molecular weight excluding hydrogens is 884 g/mol. The number of carboxylic acids is 2. The topological polar surface area (TPSA) is 329 Å². The zero-order valence-corrected chi connectivity index (χ0v) is 39.0. The number of carboxylic acid groups (broad SMARTS) is 2. The molecule has 0 aromatic rings. The van der Waals surface area contributed by atoms with Gasteiger partial charge in [0, 0.05) is 0 Å². The summed E-state index contributed by atoms with van der Waals surface area (Å²) in [7, 11) is 0. The molecule has 8 aliphatic rings. The van der Waals surface area contributed by atoms with Gasteiger partial charge in [0.15, 0.2) is 25.0 Å². The van der Waals surface area contributed by atoms with Gasteiger partial charge in [0.1, 0.15) is 72.7 Å². The Hall–Kier alpha value is -2.25. The molecule has 0 amide bonds. The van der Waals surface area contributed by atoms with Crippen LogP contribution in [0.4, 0.5) is 0 Å². The van der Waals surface area contributed by atoms with Crippen LogP contribution in [-0.2, 0) is 42.8 Å². The van der Waals surface area contributed by atoms with Gasteiger partial charge in [-0.05, 0) is 97.2 Å². The van der Waals surface area contributed by atoms with Gasteiger partial charge in [-0.3, -0.25) is 4.79 Å². The number of rotatable bonds is 10. The summed E-state index contributed by atoms with van der Waals surface area (Å²) < 4.78 is 35.9. The van der Waals surface area contributed by atoms with Crippen LogP contribution in [0.5, 0.6) is 0 Å². The van der Waals surface area contributed by atoms with E-state index in [9.17, 15) is 70.6 Å². The Kier molecular flexibility index (Phi) is 13.6. The lowest BCUT2D eigenvalue weighted by molar-refractivity contribution is -0.391. The van der Waals surface area contributed by atoms with E-state index in [1.54, 1.807) is 6.92 Å². The Morgan fingerprint density at radius 1 is 0.731 bits per heavy atom. The SMILES string of the molecule is CC1(C)CC[C@]2(C(=O)O)[C@H](O)C[C@]3(C)C(=CCC4[C@@]5(C)CC[C@H](O[C@@H]6O[C@H](C(=O)O)[C@@H](O)[C@H](O[C@@H]7OC[C@@H](O)[C@H](O)[C@H]7O)[C@H]6O[C@@H]6O[C@H](CO)[C@H](O)[C@H](O)[C@H]6O)[C@@](C)(C=O)C5CC[C@]43C)[C@@H]2C1. The molecule has 0 bridgehead atoms. The van der Waals surface area contributed by atoms with Crippen molar-refractivity contribution in [3.63, 3.8) is 0 Å². The van der Waals surface area contributed by atoms with Gasteiger partial charge in [0.2, 0.25) is 0 Å².